The lowest BCUT2D eigenvalue weighted by atomic mass is 9.95. The second kappa shape index (κ2) is 6.69. The third-order valence-electron chi connectivity index (χ3n) is 3.40. The Hall–Kier alpha value is -1.63. The van der Waals surface area contributed by atoms with Crippen molar-refractivity contribution < 1.29 is 14.7 Å². The summed E-state index contributed by atoms with van der Waals surface area (Å²) in [5.74, 6) is -1.44. The summed E-state index contributed by atoms with van der Waals surface area (Å²) in [5, 5.41) is 12.3. The summed E-state index contributed by atoms with van der Waals surface area (Å²) in [6.07, 6.45) is 8.64. The van der Waals surface area contributed by atoms with Crippen LogP contribution in [-0.2, 0) is 0 Å². The molecule has 2 N–H and O–H groups in total. The minimum Gasteiger partial charge on any atom is -0.476 e. The van der Waals surface area contributed by atoms with Crippen molar-refractivity contribution in [2.75, 3.05) is 6.26 Å². The second-order valence-corrected chi connectivity index (χ2v) is 5.92. The van der Waals surface area contributed by atoms with Crippen LogP contribution in [0.25, 0.3) is 0 Å². The lowest BCUT2D eigenvalue weighted by Gasteiger charge is -2.28. The zero-order valence-corrected chi connectivity index (χ0v) is 12.0. The molecule has 0 saturated heterocycles. The van der Waals surface area contributed by atoms with E-state index in [1.165, 1.54) is 12.6 Å². The number of nitrogens with zero attached hydrogens (tertiary/aromatic N) is 2. The van der Waals surface area contributed by atoms with Crippen LogP contribution in [0, 0.1) is 0 Å². The number of carboxylic acids is 1. The van der Waals surface area contributed by atoms with E-state index in [-0.39, 0.29) is 23.3 Å². The van der Waals surface area contributed by atoms with Crippen LogP contribution in [0.1, 0.15) is 46.7 Å². The predicted octanol–water partition coefficient (Wildman–Crippen LogP) is 1.58. The summed E-state index contributed by atoms with van der Waals surface area (Å²) in [4.78, 5) is 30.2. The molecule has 7 heteroatoms. The van der Waals surface area contributed by atoms with Crippen LogP contribution in [0.5, 0.6) is 0 Å². The van der Waals surface area contributed by atoms with Crippen molar-refractivity contribution in [3.05, 3.63) is 23.8 Å². The maximum absolute atomic E-state index is 12.0. The monoisotopic (exact) mass is 295 g/mol. The Kier molecular flexibility index (Phi) is 4.94. The molecule has 1 aliphatic rings. The van der Waals surface area contributed by atoms with E-state index in [9.17, 15) is 9.59 Å². The van der Waals surface area contributed by atoms with E-state index in [1.807, 2.05) is 11.8 Å². The van der Waals surface area contributed by atoms with Gasteiger partial charge in [-0.15, -0.1) is 0 Å². The molecule has 1 saturated carbocycles. The average Bonchev–Trinajstić information content (AvgIpc) is 2.47. The first-order valence-corrected chi connectivity index (χ1v) is 7.78. The highest BCUT2D eigenvalue weighted by molar-refractivity contribution is 7.99. The summed E-state index contributed by atoms with van der Waals surface area (Å²) in [6.45, 7) is 0. The lowest BCUT2D eigenvalue weighted by molar-refractivity contribution is 0.0688. The fourth-order valence-electron chi connectivity index (χ4n) is 2.31. The van der Waals surface area contributed by atoms with Crippen LogP contribution in [-0.4, -0.2) is 44.5 Å². The number of nitrogens with one attached hydrogen (secondary N) is 1. The van der Waals surface area contributed by atoms with Crippen LogP contribution in [0.4, 0.5) is 0 Å². The number of aromatic carboxylic acids is 1. The van der Waals surface area contributed by atoms with Gasteiger partial charge in [0.2, 0.25) is 0 Å². The van der Waals surface area contributed by atoms with Gasteiger partial charge in [0.1, 0.15) is 5.69 Å². The number of hydrogen-bond donors (Lipinski definition) is 2. The minimum absolute atomic E-state index is 0.154. The van der Waals surface area contributed by atoms with E-state index in [4.69, 9.17) is 5.11 Å². The molecule has 2 rings (SSSR count). The average molecular weight is 295 g/mol. The molecule has 0 aromatic carbocycles. The smallest absolute Gasteiger partial charge is 0.356 e. The van der Waals surface area contributed by atoms with Gasteiger partial charge in [-0.05, 0) is 25.5 Å². The molecule has 1 fully saturated rings. The van der Waals surface area contributed by atoms with Gasteiger partial charge in [0, 0.05) is 11.3 Å². The van der Waals surface area contributed by atoms with Gasteiger partial charge in [0.05, 0.1) is 12.4 Å². The number of hydrogen-bond acceptors (Lipinski definition) is 5. The number of thioether (sulfide) groups is 1. The van der Waals surface area contributed by atoms with E-state index in [0.29, 0.717) is 5.25 Å². The fraction of sp³-hybridized carbons (Fsp3) is 0.538. The zero-order chi connectivity index (χ0) is 14.5. The number of aromatic nitrogens is 2. The molecular formula is C13H17N3O3S. The highest BCUT2D eigenvalue weighted by Gasteiger charge is 2.23. The summed E-state index contributed by atoms with van der Waals surface area (Å²) in [7, 11) is 0. The number of rotatable bonds is 4. The molecule has 0 aliphatic heterocycles. The number of carboxylic acid groups (broad SMARTS) is 1. The third kappa shape index (κ3) is 3.69. The Labute approximate surface area is 121 Å². The Morgan fingerprint density at radius 2 is 2.00 bits per heavy atom. The van der Waals surface area contributed by atoms with E-state index < -0.39 is 5.97 Å². The molecule has 2 unspecified atom stereocenters. The Morgan fingerprint density at radius 3 is 2.60 bits per heavy atom. The Bertz CT molecular complexity index is 492. The zero-order valence-electron chi connectivity index (χ0n) is 11.2. The maximum Gasteiger partial charge on any atom is 0.356 e. The van der Waals surface area contributed by atoms with Gasteiger partial charge in [-0.1, -0.05) is 6.42 Å². The van der Waals surface area contributed by atoms with Crippen molar-refractivity contribution in [3.8, 4) is 0 Å². The van der Waals surface area contributed by atoms with Crippen LogP contribution in [0.2, 0.25) is 0 Å². The van der Waals surface area contributed by atoms with Gasteiger partial charge in [0.15, 0.2) is 5.69 Å². The topological polar surface area (TPSA) is 92.2 Å². The molecule has 20 heavy (non-hydrogen) atoms. The molecule has 1 aromatic rings. The number of amides is 1. The first-order chi connectivity index (χ1) is 9.60. The molecule has 2 atom stereocenters. The number of carbonyl (C=O) groups excluding carboxylic acids is 1. The molecule has 0 radical (unpaired) electrons. The summed E-state index contributed by atoms with van der Waals surface area (Å²) < 4.78 is 0. The van der Waals surface area contributed by atoms with Crippen molar-refractivity contribution in [3.63, 3.8) is 0 Å². The molecule has 1 amide bonds. The van der Waals surface area contributed by atoms with Gasteiger partial charge in [-0.2, -0.15) is 11.8 Å². The quantitative estimate of drug-likeness (QED) is 0.876. The van der Waals surface area contributed by atoms with Gasteiger partial charge < -0.3 is 10.4 Å². The van der Waals surface area contributed by atoms with Crippen molar-refractivity contribution >= 4 is 23.6 Å². The summed E-state index contributed by atoms with van der Waals surface area (Å²) in [5.41, 5.74) is -0.0112. The van der Waals surface area contributed by atoms with Gasteiger partial charge in [-0.3, -0.25) is 4.79 Å². The molecular weight excluding hydrogens is 278 g/mol. The van der Waals surface area contributed by atoms with Crippen LogP contribution < -0.4 is 5.32 Å². The van der Waals surface area contributed by atoms with E-state index in [2.05, 4.69) is 21.5 Å². The normalized spacial score (nSPS) is 22.2. The summed E-state index contributed by atoms with van der Waals surface area (Å²) >= 11 is 1.83. The van der Waals surface area contributed by atoms with Crippen molar-refractivity contribution in [1.29, 1.82) is 0 Å². The van der Waals surface area contributed by atoms with Gasteiger partial charge >= 0.3 is 5.97 Å². The molecule has 1 heterocycles. The van der Waals surface area contributed by atoms with Crippen LogP contribution in [0.3, 0.4) is 0 Å². The Balaban J connectivity index is 1.95. The van der Waals surface area contributed by atoms with E-state index >= 15 is 0 Å². The molecule has 1 aromatic heterocycles. The first kappa shape index (κ1) is 14.8. The highest BCUT2D eigenvalue weighted by Crippen LogP contribution is 2.26. The van der Waals surface area contributed by atoms with Crippen molar-refractivity contribution in [2.45, 2.75) is 37.0 Å². The first-order valence-electron chi connectivity index (χ1n) is 6.49. The lowest BCUT2D eigenvalue weighted by Crippen LogP contribution is -2.39. The Morgan fingerprint density at radius 1 is 1.30 bits per heavy atom. The fourth-order valence-corrected chi connectivity index (χ4v) is 3.13. The van der Waals surface area contributed by atoms with Gasteiger partial charge in [-0.25, -0.2) is 14.8 Å². The van der Waals surface area contributed by atoms with Gasteiger partial charge in [0.25, 0.3) is 5.91 Å². The molecule has 0 spiro atoms. The maximum atomic E-state index is 12.0. The number of carbonyl (C=O) groups is 2. The molecule has 108 valence electrons. The van der Waals surface area contributed by atoms with E-state index in [0.717, 1.165) is 25.5 Å². The molecule has 1 aliphatic carbocycles. The van der Waals surface area contributed by atoms with E-state index in [1.54, 1.807) is 0 Å². The van der Waals surface area contributed by atoms with Crippen LogP contribution >= 0.6 is 11.8 Å². The second-order valence-electron chi connectivity index (χ2n) is 4.79. The SMILES string of the molecule is CSC1CCCC(NC(=O)c2cnc(C(=O)O)cn2)C1. The van der Waals surface area contributed by atoms with Crippen molar-refractivity contribution in [1.82, 2.24) is 15.3 Å². The standard InChI is InChI=1S/C13H17N3O3S/c1-20-9-4-2-3-8(5-9)16-12(17)10-6-15-11(7-14-10)13(18)19/h6-9H,2-5H2,1H3,(H,16,17)(H,18,19). The minimum atomic E-state index is -1.15. The van der Waals surface area contributed by atoms with Crippen molar-refractivity contribution in [2.24, 2.45) is 0 Å². The highest BCUT2D eigenvalue weighted by atomic mass is 32.2. The third-order valence-corrected chi connectivity index (χ3v) is 4.49. The largest absolute Gasteiger partial charge is 0.476 e. The summed E-state index contributed by atoms with van der Waals surface area (Å²) in [6, 6.07) is 0.162. The molecule has 0 bridgehead atoms. The van der Waals surface area contributed by atoms with Crippen LogP contribution in [0.15, 0.2) is 12.4 Å². The predicted molar refractivity (Wildman–Crippen MR) is 76.0 cm³/mol. The molecule has 6 nitrogen and oxygen atoms in total.